The maximum Gasteiger partial charge on any atom is 0.269 e. The standard InChI is InChI=1S/C19H20N2O4S/c1-20(14-15-8-3-2-4-9-15)18(22)12-7-13-21-19(23)16-10-5-6-11-17(16)26(21,24)25/h2-6,8-11H,7,12-14H2,1H3. The molecule has 0 spiro atoms. The monoisotopic (exact) mass is 372 g/mol. The zero-order valence-electron chi connectivity index (χ0n) is 14.5. The Balaban J connectivity index is 1.57. The third-order valence-corrected chi connectivity index (χ3v) is 6.19. The average Bonchev–Trinajstić information content (AvgIpc) is 2.83. The van der Waals surface area contributed by atoms with Gasteiger partial charge >= 0.3 is 0 Å². The van der Waals surface area contributed by atoms with Crippen molar-refractivity contribution in [2.45, 2.75) is 24.3 Å². The van der Waals surface area contributed by atoms with Crippen LogP contribution in [0.15, 0.2) is 59.5 Å². The highest BCUT2D eigenvalue weighted by Crippen LogP contribution is 2.30. The number of fused-ring (bicyclic) bond motifs is 1. The number of benzene rings is 2. The second-order valence-electron chi connectivity index (χ2n) is 6.22. The quantitative estimate of drug-likeness (QED) is 0.780. The molecule has 136 valence electrons. The fraction of sp³-hybridized carbons (Fsp3) is 0.263. The van der Waals surface area contributed by atoms with E-state index in [0.717, 1.165) is 9.87 Å². The lowest BCUT2D eigenvalue weighted by Gasteiger charge is -2.19. The highest BCUT2D eigenvalue weighted by atomic mass is 32.2. The molecule has 0 aliphatic carbocycles. The summed E-state index contributed by atoms with van der Waals surface area (Å²) in [5.74, 6) is -0.610. The SMILES string of the molecule is CN(Cc1ccccc1)C(=O)CCCN1C(=O)c2ccccc2S1(=O)=O. The smallest absolute Gasteiger partial charge is 0.269 e. The van der Waals surface area contributed by atoms with E-state index in [4.69, 9.17) is 0 Å². The highest BCUT2D eigenvalue weighted by molar-refractivity contribution is 7.90. The van der Waals surface area contributed by atoms with E-state index in [1.165, 1.54) is 12.1 Å². The minimum Gasteiger partial charge on any atom is -0.341 e. The van der Waals surface area contributed by atoms with Gasteiger partial charge in [0, 0.05) is 26.6 Å². The summed E-state index contributed by atoms with van der Waals surface area (Å²) in [6.45, 7) is 0.493. The van der Waals surface area contributed by atoms with E-state index in [-0.39, 0.29) is 35.8 Å². The second kappa shape index (κ2) is 7.29. The fourth-order valence-electron chi connectivity index (χ4n) is 2.96. The summed E-state index contributed by atoms with van der Waals surface area (Å²) in [6.07, 6.45) is 0.468. The van der Waals surface area contributed by atoms with Gasteiger partial charge in [0.05, 0.1) is 5.56 Å². The summed E-state index contributed by atoms with van der Waals surface area (Å²) in [5, 5.41) is 0. The van der Waals surface area contributed by atoms with Crippen LogP contribution in [0, 0.1) is 0 Å². The number of carbonyl (C=O) groups is 2. The number of nitrogens with zero attached hydrogens (tertiary/aromatic N) is 2. The molecule has 1 heterocycles. The number of rotatable bonds is 6. The van der Waals surface area contributed by atoms with Crippen LogP contribution in [0.5, 0.6) is 0 Å². The van der Waals surface area contributed by atoms with Crippen LogP contribution in [0.3, 0.4) is 0 Å². The van der Waals surface area contributed by atoms with E-state index < -0.39 is 15.9 Å². The van der Waals surface area contributed by atoms with Crippen molar-refractivity contribution in [1.29, 1.82) is 0 Å². The molecule has 0 radical (unpaired) electrons. The summed E-state index contributed by atoms with van der Waals surface area (Å²) >= 11 is 0. The minimum absolute atomic E-state index is 0.000758. The second-order valence-corrected chi connectivity index (χ2v) is 8.05. The number of carbonyl (C=O) groups excluding carboxylic acids is 2. The van der Waals surface area contributed by atoms with Crippen LogP contribution in [0.25, 0.3) is 0 Å². The van der Waals surface area contributed by atoms with Gasteiger partial charge in [-0.2, -0.15) is 0 Å². The van der Waals surface area contributed by atoms with Crippen molar-refractivity contribution in [2.24, 2.45) is 0 Å². The first-order valence-electron chi connectivity index (χ1n) is 8.35. The molecule has 7 heteroatoms. The molecule has 2 aromatic rings. The summed E-state index contributed by atoms with van der Waals surface area (Å²) in [5.41, 5.74) is 1.22. The van der Waals surface area contributed by atoms with E-state index in [1.54, 1.807) is 24.1 Å². The summed E-state index contributed by atoms with van der Waals surface area (Å²) in [6, 6.07) is 15.8. The van der Waals surface area contributed by atoms with Gasteiger partial charge in [-0.05, 0) is 24.1 Å². The molecular weight excluding hydrogens is 352 g/mol. The van der Waals surface area contributed by atoms with Crippen molar-refractivity contribution in [3.8, 4) is 0 Å². The Morgan fingerprint density at radius 1 is 1.04 bits per heavy atom. The molecule has 2 aromatic carbocycles. The van der Waals surface area contributed by atoms with E-state index in [1.807, 2.05) is 30.3 Å². The molecule has 0 saturated heterocycles. The number of amides is 2. The Morgan fingerprint density at radius 2 is 1.69 bits per heavy atom. The van der Waals surface area contributed by atoms with Crippen LogP contribution in [0.2, 0.25) is 0 Å². The molecule has 6 nitrogen and oxygen atoms in total. The first-order valence-corrected chi connectivity index (χ1v) is 9.79. The zero-order valence-corrected chi connectivity index (χ0v) is 15.3. The van der Waals surface area contributed by atoms with Crippen LogP contribution in [0.1, 0.15) is 28.8 Å². The Hall–Kier alpha value is -2.67. The van der Waals surface area contributed by atoms with Crippen LogP contribution >= 0.6 is 0 Å². The fourth-order valence-corrected chi connectivity index (χ4v) is 4.57. The van der Waals surface area contributed by atoms with Crippen LogP contribution in [-0.2, 0) is 21.4 Å². The third kappa shape index (κ3) is 3.48. The molecule has 0 N–H and O–H groups in total. The molecule has 0 aromatic heterocycles. The lowest BCUT2D eigenvalue weighted by atomic mass is 10.2. The Bertz CT molecular complexity index is 926. The molecule has 1 aliphatic rings. The Labute approximate surface area is 153 Å². The lowest BCUT2D eigenvalue weighted by Crippen LogP contribution is -2.32. The van der Waals surface area contributed by atoms with Crippen LogP contribution in [0.4, 0.5) is 0 Å². The topological polar surface area (TPSA) is 74.8 Å². The van der Waals surface area contributed by atoms with Gasteiger partial charge in [0.1, 0.15) is 4.90 Å². The van der Waals surface area contributed by atoms with E-state index in [9.17, 15) is 18.0 Å². The van der Waals surface area contributed by atoms with Crippen molar-refractivity contribution >= 4 is 21.8 Å². The molecule has 0 atom stereocenters. The molecule has 0 unspecified atom stereocenters. The maximum absolute atomic E-state index is 12.5. The van der Waals surface area contributed by atoms with E-state index in [2.05, 4.69) is 0 Å². The zero-order chi connectivity index (χ0) is 18.7. The number of hydrogen-bond acceptors (Lipinski definition) is 4. The van der Waals surface area contributed by atoms with Gasteiger partial charge in [0.15, 0.2) is 0 Å². The van der Waals surface area contributed by atoms with Gasteiger partial charge in [0.25, 0.3) is 15.9 Å². The molecule has 0 saturated carbocycles. The summed E-state index contributed by atoms with van der Waals surface area (Å²) in [7, 11) is -2.09. The Kier molecular flexibility index (Phi) is 5.08. The maximum atomic E-state index is 12.5. The highest BCUT2D eigenvalue weighted by Gasteiger charge is 2.40. The molecule has 26 heavy (non-hydrogen) atoms. The lowest BCUT2D eigenvalue weighted by molar-refractivity contribution is -0.130. The number of hydrogen-bond donors (Lipinski definition) is 0. The normalized spacial score (nSPS) is 15.0. The van der Waals surface area contributed by atoms with E-state index >= 15 is 0 Å². The van der Waals surface area contributed by atoms with Crippen molar-refractivity contribution in [2.75, 3.05) is 13.6 Å². The van der Waals surface area contributed by atoms with Gasteiger partial charge in [0.2, 0.25) is 5.91 Å². The summed E-state index contributed by atoms with van der Waals surface area (Å²) in [4.78, 5) is 26.2. The average molecular weight is 372 g/mol. The molecule has 0 bridgehead atoms. The largest absolute Gasteiger partial charge is 0.341 e. The molecule has 3 rings (SSSR count). The Morgan fingerprint density at radius 3 is 2.38 bits per heavy atom. The van der Waals surface area contributed by atoms with Gasteiger partial charge in [-0.3, -0.25) is 9.59 Å². The molecular formula is C19H20N2O4S. The molecule has 1 aliphatic heterocycles. The molecule has 2 amide bonds. The third-order valence-electron chi connectivity index (χ3n) is 4.35. The van der Waals surface area contributed by atoms with Crippen molar-refractivity contribution < 1.29 is 18.0 Å². The van der Waals surface area contributed by atoms with Gasteiger partial charge in [-0.15, -0.1) is 0 Å². The van der Waals surface area contributed by atoms with E-state index in [0.29, 0.717) is 6.54 Å². The van der Waals surface area contributed by atoms with Crippen LogP contribution in [-0.4, -0.2) is 43.0 Å². The van der Waals surface area contributed by atoms with Gasteiger partial charge in [-0.25, -0.2) is 12.7 Å². The van der Waals surface area contributed by atoms with Crippen molar-refractivity contribution in [3.63, 3.8) is 0 Å². The van der Waals surface area contributed by atoms with Gasteiger partial charge in [-0.1, -0.05) is 42.5 Å². The number of sulfonamides is 1. The first kappa shape index (κ1) is 18.1. The minimum atomic E-state index is -3.80. The van der Waals surface area contributed by atoms with Crippen LogP contribution < -0.4 is 0 Å². The van der Waals surface area contributed by atoms with Gasteiger partial charge < -0.3 is 4.90 Å². The molecule has 0 fully saturated rings. The summed E-state index contributed by atoms with van der Waals surface area (Å²) < 4.78 is 25.8. The predicted octanol–water partition coefficient (Wildman–Crippen LogP) is 2.27. The predicted molar refractivity (Wildman–Crippen MR) is 96.8 cm³/mol. The first-order chi connectivity index (χ1) is 12.4. The van der Waals surface area contributed by atoms with Crippen molar-refractivity contribution in [3.05, 3.63) is 65.7 Å². The van der Waals surface area contributed by atoms with Crippen molar-refractivity contribution in [1.82, 2.24) is 9.21 Å².